The predicted octanol–water partition coefficient (Wildman–Crippen LogP) is 4.91. The van der Waals surface area contributed by atoms with Crippen molar-refractivity contribution in [3.8, 4) is 0 Å². The van der Waals surface area contributed by atoms with Gasteiger partial charge in [0.15, 0.2) is 0 Å². The normalized spacial score (nSPS) is 15.4. The van der Waals surface area contributed by atoms with Crippen LogP contribution in [0.3, 0.4) is 0 Å². The Hall–Kier alpha value is -1.70. The summed E-state index contributed by atoms with van der Waals surface area (Å²) < 4.78 is 45.1. The van der Waals surface area contributed by atoms with Gasteiger partial charge in [0.05, 0.1) is 12.5 Å². The lowest BCUT2D eigenvalue weighted by Gasteiger charge is -2.28. The number of aliphatic hydroxyl groups is 1. The number of amides is 1. The molecule has 26 heavy (non-hydrogen) atoms. The number of furan rings is 1. The molecule has 0 saturated carbocycles. The van der Waals surface area contributed by atoms with Crippen LogP contribution in [-0.2, 0) is 10.4 Å². The van der Waals surface area contributed by atoms with E-state index in [-0.39, 0.29) is 10.8 Å². The van der Waals surface area contributed by atoms with Gasteiger partial charge in [0.1, 0.15) is 11.5 Å². The van der Waals surface area contributed by atoms with Gasteiger partial charge in [-0.3, -0.25) is 4.79 Å². The maximum absolute atomic E-state index is 13.4. The van der Waals surface area contributed by atoms with Gasteiger partial charge >= 0.3 is 6.18 Å². The minimum Gasteiger partial charge on any atom is -0.463 e. The van der Waals surface area contributed by atoms with Gasteiger partial charge in [-0.05, 0) is 43.7 Å². The van der Waals surface area contributed by atoms with Crippen LogP contribution in [0.25, 0.3) is 0 Å². The van der Waals surface area contributed by atoms with E-state index < -0.39 is 35.9 Å². The molecule has 0 fully saturated rings. The highest BCUT2D eigenvalue weighted by molar-refractivity contribution is 6.35. The highest BCUT2D eigenvalue weighted by Gasteiger charge is 2.58. The molecule has 0 aliphatic rings. The second kappa shape index (κ2) is 7.50. The highest BCUT2D eigenvalue weighted by Crippen LogP contribution is 2.42. The molecule has 0 radical (unpaired) electrons. The average molecular weight is 410 g/mol. The molecular weight excluding hydrogens is 394 g/mol. The van der Waals surface area contributed by atoms with E-state index in [1.165, 1.54) is 19.1 Å². The van der Waals surface area contributed by atoms with E-state index in [0.717, 1.165) is 6.07 Å². The Morgan fingerprint density at radius 2 is 1.92 bits per heavy atom. The Balaban J connectivity index is 2.20. The smallest absolute Gasteiger partial charge is 0.425 e. The van der Waals surface area contributed by atoms with Crippen molar-refractivity contribution >= 4 is 29.1 Å². The molecule has 1 heterocycles. The van der Waals surface area contributed by atoms with Gasteiger partial charge in [0, 0.05) is 10.0 Å². The van der Waals surface area contributed by atoms with E-state index >= 15 is 0 Å². The van der Waals surface area contributed by atoms with Crippen molar-refractivity contribution in [2.45, 2.75) is 38.1 Å². The molecule has 0 saturated heterocycles. The van der Waals surface area contributed by atoms with E-state index in [9.17, 15) is 23.1 Å². The van der Waals surface area contributed by atoms with Crippen LogP contribution in [0.1, 0.15) is 36.5 Å². The van der Waals surface area contributed by atoms with E-state index in [4.69, 9.17) is 27.6 Å². The molecule has 142 valence electrons. The lowest BCUT2D eigenvalue weighted by atomic mass is 9.95. The third-order valence-corrected chi connectivity index (χ3v) is 4.40. The molecule has 2 aromatic rings. The average Bonchev–Trinajstić information content (AvgIpc) is 2.92. The summed E-state index contributed by atoms with van der Waals surface area (Å²) in [5, 5.41) is 13.2. The second-order valence-electron chi connectivity index (χ2n) is 5.90. The molecule has 0 bridgehead atoms. The number of hydrogen-bond acceptors (Lipinski definition) is 3. The molecular formula is C17H16Cl2F3NO3. The largest absolute Gasteiger partial charge is 0.463 e. The summed E-state index contributed by atoms with van der Waals surface area (Å²) in [5.74, 6) is -1.57. The predicted molar refractivity (Wildman–Crippen MR) is 91.0 cm³/mol. The third-order valence-electron chi connectivity index (χ3n) is 3.84. The summed E-state index contributed by atoms with van der Waals surface area (Å²) in [4.78, 5) is 12.2. The summed E-state index contributed by atoms with van der Waals surface area (Å²) in [7, 11) is 0. The van der Waals surface area contributed by atoms with Crippen molar-refractivity contribution in [1.82, 2.24) is 5.32 Å². The van der Waals surface area contributed by atoms with E-state index in [0.29, 0.717) is 10.6 Å². The summed E-state index contributed by atoms with van der Waals surface area (Å²) in [6.07, 6.45) is -6.35. The Kier molecular flexibility index (Phi) is 5.95. The van der Waals surface area contributed by atoms with Gasteiger partial charge in [0.2, 0.25) is 11.5 Å². The van der Waals surface area contributed by atoms with Crippen LogP contribution >= 0.6 is 23.2 Å². The number of carbonyl (C=O) groups excluding carboxylic acids is 1. The van der Waals surface area contributed by atoms with E-state index in [1.54, 1.807) is 19.1 Å². The molecule has 0 spiro atoms. The number of hydrogen-bond donors (Lipinski definition) is 2. The van der Waals surface area contributed by atoms with E-state index in [2.05, 4.69) is 5.32 Å². The zero-order chi connectivity index (χ0) is 19.7. The Morgan fingerprint density at radius 1 is 1.27 bits per heavy atom. The number of alkyl halides is 3. The van der Waals surface area contributed by atoms with Crippen molar-refractivity contribution in [1.29, 1.82) is 0 Å². The number of nitrogens with one attached hydrogen (secondary N) is 1. The minimum absolute atomic E-state index is 0.185. The quantitative estimate of drug-likeness (QED) is 0.736. The van der Waals surface area contributed by atoms with Gasteiger partial charge in [-0.25, -0.2) is 0 Å². The summed E-state index contributed by atoms with van der Waals surface area (Å²) in [5.41, 5.74) is -2.96. The number of carbonyl (C=O) groups is 1. The SMILES string of the molecule is Cc1ccc([C@](O)(CC(=O)N[C@H](C)c2ccc(Cl)cc2Cl)C(F)(F)F)o1. The molecule has 0 aliphatic heterocycles. The zero-order valence-electron chi connectivity index (χ0n) is 13.8. The first-order valence-electron chi connectivity index (χ1n) is 7.54. The number of aryl methyl sites for hydroxylation is 1. The van der Waals surface area contributed by atoms with Crippen LogP contribution in [0, 0.1) is 6.92 Å². The summed E-state index contributed by atoms with van der Waals surface area (Å²) >= 11 is 11.8. The van der Waals surface area contributed by atoms with Crippen molar-refractivity contribution in [3.63, 3.8) is 0 Å². The van der Waals surface area contributed by atoms with Gasteiger partial charge < -0.3 is 14.8 Å². The molecule has 2 rings (SSSR count). The first-order chi connectivity index (χ1) is 11.9. The topological polar surface area (TPSA) is 62.5 Å². The highest BCUT2D eigenvalue weighted by atomic mass is 35.5. The number of halogens is 5. The first kappa shape index (κ1) is 20.6. The van der Waals surface area contributed by atoms with Gasteiger partial charge in [-0.15, -0.1) is 0 Å². The molecule has 0 aliphatic carbocycles. The van der Waals surface area contributed by atoms with Crippen LogP contribution < -0.4 is 5.32 Å². The van der Waals surface area contributed by atoms with Crippen LogP contribution in [0.5, 0.6) is 0 Å². The fraction of sp³-hybridized carbons (Fsp3) is 0.353. The second-order valence-corrected chi connectivity index (χ2v) is 6.74. The molecule has 1 aromatic heterocycles. The minimum atomic E-state index is -5.10. The molecule has 0 unspecified atom stereocenters. The molecule has 4 nitrogen and oxygen atoms in total. The Bertz CT molecular complexity index is 807. The Morgan fingerprint density at radius 3 is 2.42 bits per heavy atom. The van der Waals surface area contributed by atoms with Gasteiger partial charge in [-0.1, -0.05) is 29.3 Å². The maximum Gasteiger partial charge on any atom is 0.425 e. The van der Waals surface area contributed by atoms with Crippen molar-refractivity contribution in [3.05, 3.63) is 57.5 Å². The first-order valence-corrected chi connectivity index (χ1v) is 8.30. The van der Waals surface area contributed by atoms with Crippen LogP contribution in [0.4, 0.5) is 13.2 Å². The fourth-order valence-electron chi connectivity index (χ4n) is 2.44. The number of rotatable bonds is 5. The van der Waals surface area contributed by atoms with Crippen molar-refractivity contribution < 1.29 is 27.5 Å². The maximum atomic E-state index is 13.4. The monoisotopic (exact) mass is 409 g/mol. The standard InChI is InChI=1S/C17H16Cl2F3NO3/c1-9-3-6-14(26-9)16(25,17(20,21)22)8-15(24)23-10(2)12-5-4-11(18)7-13(12)19/h3-7,10,25H,8H2,1-2H3,(H,23,24)/t10-,16-/m1/s1. The molecule has 9 heteroatoms. The van der Waals surface area contributed by atoms with Crippen molar-refractivity contribution in [2.75, 3.05) is 0 Å². The fourth-order valence-corrected chi connectivity index (χ4v) is 3.01. The van der Waals surface area contributed by atoms with E-state index in [1.807, 2.05) is 0 Å². The molecule has 1 amide bonds. The molecule has 2 N–H and O–H groups in total. The molecule has 1 aromatic carbocycles. The van der Waals surface area contributed by atoms with Gasteiger partial charge in [-0.2, -0.15) is 13.2 Å². The van der Waals surface area contributed by atoms with Crippen molar-refractivity contribution in [2.24, 2.45) is 0 Å². The number of benzene rings is 1. The van der Waals surface area contributed by atoms with Crippen LogP contribution in [0.15, 0.2) is 34.7 Å². The summed E-state index contributed by atoms with van der Waals surface area (Å²) in [6.45, 7) is 2.99. The third kappa shape index (κ3) is 4.34. The lowest BCUT2D eigenvalue weighted by Crippen LogP contribution is -2.46. The summed E-state index contributed by atoms with van der Waals surface area (Å²) in [6, 6.07) is 6.14. The van der Waals surface area contributed by atoms with Crippen LogP contribution in [0.2, 0.25) is 10.0 Å². The Labute approximate surface area is 157 Å². The van der Waals surface area contributed by atoms with Crippen LogP contribution in [-0.4, -0.2) is 17.2 Å². The zero-order valence-corrected chi connectivity index (χ0v) is 15.3. The molecule has 2 atom stereocenters. The lowest BCUT2D eigenvalue weighted by molar-refractivity contribution is -0.273. The van der Waals surface area contributed by atoms with Gasteiger partial charge in [0.25, 0.3) is 0 Å².